The van der Waals surface area contributed by atoms with Crippen molar-refractivity contribution in [3.05, 3.63) is 0 Å². The maximum absolute atomic E-state index is 11.1. The van der Waals surface area contributed by atoms with Crippen LogP contribution in [-0.4, -0.2) is 48.4 Å². The fourth-order valence-corrected chi connectivity index (χ4v) is 1.88. The Hall–Kier alpha value is -0.570. The van der Waals surface area contributed by atoms with Gasteiger partial charge in [0.05, 0.1) is 0 Å². The molecule has 90 valence electrons. The van der Waals surface area contributed by atoms with E-state index in [1.165, 1.54) is 0 Å². The van der Waals surface area contributed by atoms with E-state index in [2.05, 4.69) is 18.9 Å². The monoisotopic (exact) mass is 214 g/mol. The Morgan fingerprint density at radius 3 is 2.13 bits per heavy atom. The minimum Gasteiger partial charge on any atom is -0.343 e. The first-order valence-corrected chi connectivity index (χ1v) is 6.11. The molecule has 3 nitrogen and oxygen atoms in total. The maximum Gasteiger partial charge on any atom is 0.219 e. The van der Waals surface area contributed by atoms with Crippen LogP contribution in [0.1, 0.15) is 40.5 Å². The van der Waals surface area contributed by atoms with Crippen molar-refractivity contribution in [3.8, 4) is 0 Å². The van der Waals surface area contributed by atoms with E-state index in [0.29, 0.717) is 6.04 Å². The molecule has 0 aliphatic carbocycles. The van der Waals surface area contributed by atoms with Crippen LogP contribution in [0.15, 0.2) is 0 Å². The summed E-state index contributed by atoms with van der Waals surface area (Å²) in [7, 11) is 2.16. The molecule has 1 aliphatic rings. The average Bonchev–Trinajstić information content (AvgIpc) is 2.31. The lowest BCUT2D eigenvalue weighted by atomic mass is 10.0. The Morgan fingerprint density at radius 2 is 1.80 bits per heavy atom. The molecule has 0 saturated carbocycles. The molecule has 1 rings (SSSR count). The highest BCUT2D eigenvalue weighted by Crippen LogP contribution is 2.14. The standard InChI is InChI=1S/C10H20N2O.C2H6/c1-4-11(3)10-5-7-12(8-6-10)9(2)13;1-2/h10H,4-8H2,1-3H3;1-2H3. The zero-order chi connectivity index (χ0) is 11.8. The summed E-state index contributed by atoms with van der Waals surface area (Å²) in [6, 6.07) is 0.681. The molecule has 1 aliphatic heterocycles. The first-order chi connectivity index (χ1) is 7.15. The van der Waals surface area contributed by atoms with Crippen molar-refractivity contribution in [3.63, 3.8) is 0 Å². The molecule has 0 atom stereocenters. The van der Waals surface area contributed by atoms with E-state index in [-0.39, 0.29) is 5.91 Å². The van der Waals surface area contributed by atoms with Crippen molar-refractivity contribution < 1.29 is 4.79 Å². The van der Waals surface area contributed by atoms with Crippen molar-refractivity contribution in [2.45, 2.75) is 46.6 Å². The third-order valence-corrected chi connectivity index (χ3v) is 3.03. The molecule has 0 radical (unpaired) electrons. The smallest absolute Gasteiger partial charge is 0.219 e. The predicted molar refractivity (Wildman–Crippen MR) is 64.9 cm³/mol. The van der Waals surface area contributed by atoms with Crippen molar-refractivity contribution in [1.29, 1.82) is 0 Å². The SMILES string of the molecule is CC.CCN(C)C1CCN(C(C)=O)CC1. The van der Waals surface area contributed by atoms with E-state index >= 15 is 0 Å². The summed E-state index contributed by atoms with van der Waals surface area (Å²) < 4.78 is 0. The van der Waals surface area contributed by atoms with Crippen molar-refractivity contribution >= 4 is 5.91 Å². The van der Waals surface area contributed by atoms with Crippen LogP contribution in [0.3, 0.4) is 0 Å². The number of carbonyl (C=O) groups is 1. The highest BCUT2D eigenvalue weighted by atomic mass is 16.2. The van der Waals surface area contributed by atoms with Gasteiger partial charge in [0.1, 0.15) is 0 Å². The van der Waals surface area contributed by atoms with Crippen LogP contribution in [0.25, 0.3) is 0 Å². The molecule has 3 heteroatoms. The van der Waals surface area contributed by atoms with E-state index in [1.807, 2.05) is 18.7 Å². The zero-order valence-corrected chi connectivity index (χ0v) is 10.9. The van der Waals surface area contributed by atoms with Crippen LogP contribution in [0.5, 0.6) is 0 Å². The first-order valence-electron chi connectivity index (χ1n) is 6.11. The Balaban J connectivity index is 0.000000921. The van der Waals surface area contributed by atoms with Gasteiger partial charge >= 0.3 is 0 Å². The molecule has 0 spiro atoms. The Labute approximate surface area is 94.4 Å². The molecule has 0 aromatic carbocycles. The van der Waals surface area contributed by atoms with Gasteiger partial charge in [-0.15, -0.1) is 0 Å². The second kappa shape index (κ2) is 7.69. The van der Waals surface area contributed by atoms with Crippen LogP contribution >= 0.6 is 0 Å². The largest absolute Gasteiger partial charge is 0.343 e. The minimum atomic E-state index is 0.220. The number of amides is 1. The van der Waals surface area contributed by atoms with Gasteiger partial charge in [0, 0.05) is 26.1 Å². The molecule has 1 fully saturated rings. The summed E-state index contributed by atoms with van der Waals surface area (Å²) in [5.41, 5.74) is 0. The quantitative estimate of drug-likeness (QED) is 0.701. The topological polar surface area (TPSA) is 23.6 Å². The Kier molecular flexibility index (Phi) is 7.39. The fraction of sp³-hybridized carbons (Fsp3) is 0.917. The molecule has 0 aromatic rings. The second-order valence-electron chi connectivity index (χ2n) is 3.81. The molecular formula is C12H26N2O. The van der Waals surface area contributed by atoms with E-state index in [0.717, 1.165) is 32.5 Å². The van der Waals surface area contributed by atoms with Crippen LogP contribution in [0.2, 0.25) is 0 Å². The highest BCUT2D eigenvalue weighted by Gasteiger charge is 2.22. The number of piperidine rings is 1. The fourth-order valence-electron chi connectivity index (χ4n) is 1.88. The van der Waals surface area contributed by atoms with Crippen LogP contribution in [0, 0.1) is 0 Å². The summed E-state index contributed by atoms with van der Waals surface area (Å²) in [5, 5.41) is 0. The lowest BCUT2D eigenvalue weighted by Crippen LogP contribution is -2.44. The van der Waals surface area contributed by atoms with Gasteiger partial charge in [-0.2, -0.15) is 0 Å². The van der Waals surface area contributed by atoms with Crippen LogP contribution < -0.4 is 0 Å². The van der Waals surface area contributed by atoms with Gasteiger partial charge in [-0.05, 0) is 26.4 Å². The van der Waals surface area contributed by atoms with Gasteiger partial charge in [-0.3, -0.25) is 4.79 Å². The van der Waals surface area contributed by atoms with Gasteiger partial charge in [0.2, 0.25) is 5.91 Å². The number of carbonyl (C=O) groups excluding carboxylic acids is 1. The van der Waals surface area contributed by atoms with Crippen molar-refractivity contribution in [1.82, 2.24) is 9.80 Å². The third kappa shape index (κ3) is 4.65. The minimum absolute atomic E-state index is 0.220. The lowest BCUT2D eigenvalue weighted by Gasteiger charge is -2.35. The van der Waals surface area contributed by atoms with Crippen molar-refractivity contribution in [2.75, 3.05) is 26.7 Å². The molecule has 0 bridgehead atoms. The first kappa shape index (κ1) is 14.4. The van der Waals surface area contributed by atoms with E-state index in [1.54, 1.807) is 6.92 Å². The molecule has 1 heterocycles. The van der Waals surface area contributed by atoms with Crippen LogP contribution in [-0.2, 0) is 4.79 Å². The Morgan fingerprint density at radius 1 is 1.33 bits per heavy atom. The zero-order valence-electron chi connectivity index (χ0n) is 10.9. The number of rotatable bonds is 2. The van der Waals surface area contributed by atoms with Crippen molar-refractivity contribution in [2.24, 2.45) is 0 Å². The Bertz CT molecular complexity index is 174. The van der Waals surface area contributed by atoms with E-state index < -0.39 is 0 Å². The summed E-state index contributed by atoms with van der Waals surface area (Å²) in [5.74, 6) is 0.220. The molecular weight excluding hydrogens is 188 g/mol. The second-order valence-corrected chi connectivity index (χ2v) is 3.81. The van der Waals surface area contributed by atoms with Gasteiger partial charge in [-0.25, -0.2) is 0 Å². The van der Waals surface area contributed by atoms with Gasteiger partial charge < -0.3 is 9.80 Å². The summed E-state index contributed by atoms with van der Waals surface area (Å²) >= 11 is 0. The summed E-state index contributed by atoms with van der Waals surface area (Å²) in [4.78, 5) is 15.4. The number of nitrogens with zero attached hydrogens (tertiary/aromatic N) is 2. The third-order valence-electron chi connectivity index (χ3n) is 3.03. The summed E-state index contributed by atoms with van der Waals surface area (Å²) in [6.07, 6.45) is 2.26. The van der Waals surface area contributed by atoms with Gasteiger partial charge in [0.25, 0.3) is 0 Å². The molecule has 0 unspecified atom stereocenters. The average molecular weight is 214 g/mol. The number of likely N-dealkylation sites (tertiary alicyclic amines) is 1. The maximum atomic E-state index is 11.1. The molecule has 0 N–H and O–H groups in total. The van der Waals surface area contributed by atoms with E-state index in [9.17, 15) is 4.79 Å². The van der Waals surface area contributed by atoms with Gasteiger partial charge in [0.15, 0.2) is 0 Å². The number of hydrogen-bond donors (Lipinski definition) is 0. The summed E-state index contributed by atoms with van der Waals surface area (Å²) in [6.45, 7) is 10.8. The van der Waals surface area contributed by atoms with Crippen LogP contribution in [0.4, 0.5) is 0 Å². The predicted octanol–water partition coefficient (Wildman–Crippen LogP) is 1.98. The number of hydrogen-bond acceptors (Lipinski definition) is 2. The lowest BCUT2D eigenvalue weighted by molar-refractivity contribution is -0.130. The molecule has 0 aromatic heterocycles. The highest BCUT2D eigenvalue weighted by molar-refractivity contribution is 5.73. The molecule has 1 amide bonds. The normalized spacial score (nSPS) is 17.3. The molecule has 1 saturated heterocycles. The van der Waals surface area contributed by atoms with E-state index in [4.69, 9.17) is 0 Å². The molecule has 15 heavy (non-hydrogen) atoms. The van der Waals surface area contributed by atoms with Gasteiger partial charge in [-0.1, -0.05) is 20.8 Å².